The maximum absolute atomic E-state index is 13.1. The number of aliphatic imine (C=N–C) groups is 1. The van der Waals surface area contributed by atoms with E-state index in [0.29, 0.717) is 16.4 Å². The van der Waals surface area contributed by atoms with Crippen LogP contribution in [0.4, 0.5) is 5.69 Å². The summed E-state index contributed by atoms with van der Waals surface area (Å²) in [4.78, 5) is 27.3. The fourth-order valence-electron chi connectivity index (χ4n) is 4.82. The van der Waals surface area contributed by atoms with Gasteiger partial charge in [-0.1, -0.05) is 17.7 Å². The van der Waals surface area contributed by atoms with Gasteiger partial charge in [0.25, 0.3) is 5.56 Å². The second-order valence-electron chi connectivity index (χ2n) is 9.23. The predicted molar refractivity (Wildman–Crippen MR) is 136 cm³/mol. The van der Waals surface area contributed by atoms with Crippen molar-refractivity contribution in [2.75, 3.05) is 38.1 Å². The number of likely N-dealkylation sites (N-methyl/N-ethyl adjacent to an activating group) is 1. The first-order valence-electron chi connectivity index (χ1n) is 11.8. The summed E-state index contributed by atoms with van der Waals surface area (Å²) < 4.78 is 1.65. The second kappa shape index (κ2) is 9.27. The van der Waals surface area contributed by atoms with Crippen LogP contribution in [0, 0.1) is 0 Å². The molecular weight excluding hydrogens is 434 g/mol. The molecule has 33 heavy (non-hydrogen) atoms. The SMILES string of the molecule is CC1=NC2=C(CC/C=C(/c3cc(=O)n4cc(N5CCCN(C)CC5)ccc4n3)C=C2Cl)CC1. The maximum Gasteiger partial charge on any atom is 0.258 e. The summed E-state index contributed by atoms with van der Waals surface area (Å²) >= 11 is 6.70. The van der Waals surface area contributed by atoms with E-state index < -0.39 is 0 Å². The van der Waals surface area contributed by atoms with Crippen molar-refractivity contribution in [2.24, 2.45) is 4.99 Å². The molecular formula is C26H30ClN5O. The minimum Gasteiger partial charge on any atom is -0.369 e. The van der Waals surface area contributed by atoms with E-state index in [-0.39, 0.29) is 5.56 Å². The van der Waals surface area contributed by atoms with Crippen LogP contribution in [0.25, 0.3) is 11.2 Å². The van der Waals surface area contributed by atoms with Crippen molar-refractivity contribution in [1.82, 2.24) is 14.3 Å². The zero-order valence-electron chi connectivity index (χ0n) is 19.4. The molecule has 172 valence electrons. The maximum atomic E-state index is 13.1. The lowest BCUT2D eigenvalue weighted by atomic mass is 9.94. The van der Waals surface area contributed by atoms with Gasteiger partial charge in [-0.05, 0) is 82.0 Å². The van der Waals surface area contributed by atoms with Gasteiger partial charge in [-0.3, -0.25) is 14.2 Å². The average Bonchev–Trinajstić information content (AvgIpc) is 3.02. The molecule has 0 bridgehead atoms. The summed E-state index contributed by atoms with van der Waals surface area (Å²) in [5.74, 6) is 0. The second-order valence-corrected chi connectivity index (χ2v) is 9.64. The molecule has 0 saturated carbocycles. The van der Waals surface area contributed by atoms with Gasteiger partial charge >= 0.3 is 0 Å². The highest BCUT2D eigenvalue weighted by atomic mass is 35.5. The molecule has 3 aliphatic rings. The van der Waals surface area contributed by atoms with E-state index in [1.165, 1.54) is 5.57 Å². The molecule has 0 spiro atoms. The van der Waals surface area contributed by atoms with Gasteiger partial charge in [0.1, 0.15) is 5.65 Å². The molecule has 5 rings (SSSR count). The number of aromatic nitrogens is 2. The number of hydrogen-bond donors (Lipinski definition) is 0. The van der Waals surface area contributed by atoms with E-state index in [4.69, 9.17) is 21.6 Å². The van der Waals surface area contributed by atoms with Crippen LogP contribution in [0.3, 0.4) is 0 Å². The molecule has 1 fully saturated rings. The summed E-state index contributed by atoms with van der Waals surface area (Å²) in [7, 11) is 2.16. The molecule has 0 aromatic carbocycles. The number of pyridine rings is 1. The van der Waals surface area contributed by atoms with Crippen molar-refractivity contribution < 1.29 is 0 Å². The van der Waals surface area contributed by atoms with Gasteiger partial charge in [0.2, 0.25) is 0 Å². The van der Waals surface area contributed by atoms with Gasteiger partial charge in [-0.15, -0.1) is 0 Å². The first-order chi connectivity index (χ1) is 16.0. The van der Waals surface area contributed by atoms with E-state index >= 15 is 0 Å². The number of halogens is 1. The zero-order chi connectivity index (χ0) is 22.9. The Labute approximate surface area is 199 Å². The van der Waals surface area contributed by atoms with Crippen LogP contribution in [-0.2, 0) is 0 Å². The van der Waals surface area contributed by atoms with Crippen molar-refractivity contribution in [3.05, 3.63) is 68.9 Å². The standard InChI is InChI=1S/C26H30ClN5O/c1-18-7-8-19-5-3-6-20(15-22(27)26(19)28-18)23-16-25(33)32-17-21(9-10-24(32)29-23)31-12-4-11-30(2)13-14-31/h6,9-10,15-17H,3-5,7-8,11-14H2,1-2H3/b20-6+,22-15?. The third kappa shape index (κ3) is 4.68. The highest BCUT2D eigenvalue weighted by molar-refractivity contribution is 6.33. The summed E-state index contributed by atoms with van der Waals surface area (Å²) in [5, 5.41) is 0.624. The fraction of sp³-hybridized carbons (Fsp3) is 0.423. The molecule has 0 radical (unpaired) electrons. The van der Waals surface area contributed by atoms with Crippen molar-refractivity contribution in [3.63, 3.8) is 0 Å². The van der Waals surface area contributed by atoms with Gasteiger partial charge in [-0.2, -0.15) is 0 Å². The summed E-state index contributed by atoms with van der Waals surface area (Å²) in [6, 6.07) is 5.63. The molecule has 1 saturated heterocycles. The normalized spacial score (nSPS) is 22.0. The van der Waals surface area contributed by atoms with Crippen LogP contribution in [-0.4, -0.2) is 53.2 Å². The molecule has 4 heterocycles. The smallest absolute Gasteiger partial charge is 0.258 e. The summed E-state index contributed by atoms with van der Waals surface area (Å²) in [6.07, 6.45) is 10.9. The molecule has 0 atom stereocenters. The minimum atomic E-state index is -0.0808. The molecule has 1 aliphatic carbocycles. The van der Waals surface area contributed by atoms with Crippen molar-refractivity contribution in [2.45, 2.75) is 39.0 Å². The lowest BCUT2D eigenvalue weighted by Crippen LogP contribution is -2.29. The predicted octanol–water partition coefficient (Wildman–Crippen LogP) is 4.65. The van der Waals surface area contributed by atoms with Crippen LogP contribution in [0.2, 0.25) is 0 Å². The summed E-state index contributed by atoms with van der Waals surface area (Å²) in [6.45, 7) is 6.12. The van der Waals surface area contributed by atoms with E-state index in [2.05, 4.69) is 29.0 Å². The Morgan fingerprint density at radius 3 is 2.82 bits per heavy atom. The Hall–Kier alpha value is -2.70. The quantitative estimate of drug-likeness (QED) is 0.650. The molecule has 7 heteroatoms. The Bertz CT molecular complexity index is 1270. The van der Waals surface area contributed by atoms with Gasteiger partial charge in [-0.25, -0.2) is 4.98 Å². The van der Waals surface area contributed by atoms with Crippen molar-refractivity contribution >= 4 is 34.2 Å². The number of fused-ring (bicyclic) bond motifs is 1. The number of nitrogens with zero attached hydrogens (tertiary/aromatic N) is 5. The molecule has 2 aromatic heterocycles. The Balaban J connectivity index is 1.48. The lowest BCUT2D eigenvalue weighted by Gasteiger charge is -2.23. The third-order valence-corrected chi connectivity index (χ3v) is 7.06. The Morgan fingerprint density at radius 1 is 1.06 bits per heavy atom. The van der Waals surface area contributed by atoms with Crippen LogP contribution in [0.1, 0.15) is 44.7 Å². The minimum absolute atomic E-state index is 0.0808. The van der Waals surface area contributed by atoms with E-state index in [0.717, 1.165) is 81.0 Å². The number of hydrogen-bond acceptors (Lipinski definition) is 5. The molecule has 2 aliphatic heterocycles. The third-order valence-electron chi connectivity index (χ3n) is 6.77. The monoisotopic (exact) mass is 463 g/mol. The molecule has 6 nitrogen and oxygen atoms in total. The largest absolute Gasteiger partial charge is 0.369 e. The van der Waals surface area contributed by atoms with E-state index in [1.807, 2.05) is 25.3 Å². The zero-order valence-corrected chi connectivity index (χ0v) is 20.1. The lowest BCUT2D eigenvalue weighted by molar-refractivity contribution is 0.360. The van der Waals surface area contributed by atoms with Crippen molar-refractivity contribution in [1.29, 1.82) is 0 Å². The first kappa shape index (κ1) is 22.1. The van der Waals surface area contributed by atoms with Crippen LogP contribution in [0.5, 0.6) is 0 Å². The average molecular weight is 464 g/mol. The topological polar surface area (TPSA) is 53.2 Å². The number of anilines is 1. The first-order valence-corrected chi connectivity index (χ1v) is 12.2. The highest BCUT2D eigenvalue weighted by Crippen LogP contribution is 2.34. The van der Waals surface area contributed by atoms with Crippen LogP contribution in [0.15, 0.2) is 62.6 Å². The Morgan fingerprint density at radius 2 is 1.94 bits per heavy atom. The van der Waals surface area contributed by atoms with Gasteiger partial charge < -0.3 is 9.80 Å². The van der Waals surface area contributed by atoms with Crippen LogP contribution < -0.4 is 10.5 Å². The Kier molecular flexibility index (Phi) is 6.21. The van der Waals surface area contributed by atoms with Gasteiger partial charge in [0.15, 0.2) is 0 Å². The molecule has 0 amide bonds. The molecule has 0 N–H and O–H groups in total. The van der Waals surface area contributed by atoms with E-state index in [1.54, 1.807) is 10.5 Å². The van der Waals surface area contributed by atoms with Crippen LogP contribution >= 0.6 is 11.6 Å². The summed E-state index contributed by atoms with van der Waals surface area (Å²) in [5.41, 5.74) is 6.49. The van der Waals surface area contributed by atoms with Gasteiger partial charge in [0.05, 0.1) is 22.1 Å². The van der Waals surface area contributed by atoms with Crippen molar-refractivity contribution in [3.8, 4) is 0 Å². The highest BCUT2D eigenvalue weighted by Gasteiger charge is 2.19. The van der Waals surface area contributed by atoms with E-state index in [9.17, 15) is 4.79 Å². The number of rotatable bonds is 2. The molecule has 0 unspecified atom stereocenters. The van der Waals surface area contributed by atoms with Gasteiger partial charge in [0, 0.05) is 37.6 Å². The number of allylic oxidation sites excluding steroid dienone is 5. The fourth-order valence-corrected chi connectivity index (χ4v) is 5.11. The molecule has 2 aromatic rings.